The van der Waals surface area contributed by atoms with Crippen molar-refractivity contribution in [2.45, 2.75) is 27.1 Å². The van der Waals surface area contributed by atoms with Gasteiger partial charge >= 0.3 is 11.9 Å². The molecular weight excluding hydrogens is 208 g/mol. The third kappa shape index (κ3) is 5.14. The van der Waals surface area contributed by atoms with Crippen molar-refractivity contribution in [2.24, 2.45) is 0 Å². The zero-order valence-electron chi connectivity index (χ0n) is 9.78. The number of hydrogen-bond donors (Lipinski definition) is 0. The average Bonchev–Trinajstić information content (AvgIpc) is 2.17. The van der Waals surface area contributed by atoms with Gasteiger partial charge in [-0.3, -0.25) is 0 Å². The van der Waals surface area contributed by atoms with Crippen molar-refractivity contribution in [3.63, 3.8) is 0 Å². The van der Waals surface area contributed by atoms with Crippen molar-refractivity contribution in [3.8, 4) is 0 Å². The van der Waals surface area contributed by atoms with E-state index < -0.39 is 18.2 Å². The maximum absolute atomic E-state index is 11.2. The highest BCUT2D eigenvalue weighted by molar-refractivity contribution is 5.88. The van der Waals surface area contributed by atoms with Crippen LogP contribution in [0.25, 0.3) is 0 Å². The minimum Gasteiger partial charge on any atom is -0.418 e. The van der Waals surface area contributed by atoms with Crippen LogP contribution >= 0.6 is 0 Å². The lowest BCUT2D eigenvalue weighted by Gasteiger charge is -2.14. The Morgan fingerprint density at radius 3 is 1.69 bits per heavy atom. The van der Waals surface area contributed by atoms with Crippen molar-refractivity contribution >= 4 is 11.9 Å². The van der Waals surface area contributed by atoms with E-state index in [1.54, 1.807) is 13.0 Å². The summed E-state index contributed by atoms with van der Waals surface area (Å²) in [6.45, 7) is 11.6. The van der Waals surface area contributed by atoms with Crippen LogP contribution in [-0.2, 0) is 19.1 Å². The van der Waals surface area contributed by atoms with Crippen molar-refractivity contribution in [2.75, 3.05) is 0 Å². The third-order valence-corrected chi connectivity index (χ3v) is 1.49. The van der Waals surface area contributed by atoms with Crippen molar-refractivity contribution in [1.82, 2.24) is 0 Å². The van der Waals surface area contributed by atoms with Gasteiger partial charge in [0.05, 0.1) is 0 Å². The summed E-state index contributed by atoms with van der Waals surface area (Å²) in [6.07, 6.45) is 2.02. The third-order valence-electron chi connectivity index (χ3n) is 1.49. The molecule has 0 amide bonds. The molecule has 0 saturated heterocycles. The molecule has 0 fully saturated rings. The highest BCUT2D eigenvalue weighted by Crippen LogP contribution is 2.05. The molecule has 0 bridgehead atoms. The van der Waals surface area contributed by atoms with Gasteiger partial charge in [-0.05, 0) is 26.8 Å². The Morgan fingerprint density at radius 2 is 1.44 bits per heavy atom. The maximum atomic E-state index is 11.2. The number of esters is 2. The van der Waals surface area contributed by atoms with Crippen LogP contribution in [0.3, 0.4) is 0 Å². The smallest absolute Gasteiger partial charge is 0.336 e. The highest BCUT2D eigenvalue weighted by atomic mass is 16.7. The zero-order valence-corrected chi connectivity index (χ0v) is 9.78. The number of allylic oxidation sites excluding steroid dienone is 1. The maximum Gasteiger partial charge on any atom is 0.336 e. The Labute approximate surface area is 95.2 Å². The van der Waals surface area contributed by atoms with Crippen LogP contribution in [0.5, 0.6) is 0 Å². The van der Waals surface area contributed by atoms with Crippen LogP contribution in [0, 0.1) is 0 Å². The minimum atomic E-state index is -1.04. The molecule has 0 N–H and O–H groups in total. The van der Waals surface area contributed by atoms with Gasteiger partial charge in [-0.15, -0.1) is 0 Å². The highest BCUT2D eigenvalue weighted by Gasteiger charge is 2.16. The molecule has 4 nitrogen and oxygen atoms in total. The molecule has 0 atom stereocenters. The molecule has 0 radical (unpaired) electrons. The first-order valence-corrected chi connectivity index (χ1v) is 4.74. The van der Waals surface area contributed by atoms with Gasteiger partial charge in [0.15, 0.2) is 0 Å². The van der Waals surface area contributed by atoms with Crippen molar-refractivity contribution in [3.05, 3.63) is 36.5 Å². The molecular formula is C12H16O4. The summed E-state index contributed by atoms with van der Waals surface area (Å²) in [7, 11) is 0. The normalized spacial score (nSPS) is 10.2. The van der Waals surface area contributed by atoms with E-state index in [0.29, 0.717) is 0 Å². The van der Waals surface area contributed by atoms with Gasteiger partial charge < -0.3 is 9.47 Å². The molecule has 0 heterocycles. The van der Waals surface area contributed by atoms with E-state index in [1.165, 1.54) is 19.9 Å². The number of rotatable bonds is 5. The molecule has 0 saturated carbocycles. The van der Waals surface area contributed by atoms with Gasteiger partial charge in [0, 0.05) is 11.1 Å². The van der Waals surface area contributed by atoms with E-state index in [2.05, 4.69) is 13.2 Å². The summed E-state index contributed by atoms with van der Waals surface area (Å²) in [5.74, 6) is -1.23. The van der Waals surface area contributed by atoms with Gasteiger partial charge in [-0.2, -0.15) is 0 Å². The second-order valence-corrected chi connectivity index (χ2v) is 3.27. The summed E-state index contributed by atoms with van der Waals surface area (Å²) < 4.78 is 9.73. The molecule has 16 heavy (non-hydrogen) atoms. The van der Waals surface area contributed by atoms with Crippen LogP contribution in [0.15, 0.2) is 36.5 Å². The minimum absolute atomic E-state index is 0.237. The first kappa shape index (κ1) is 14.2. The summed E-state index contributed by atoms with van der Waals surface area (Å²) in [6, 6.07) is 0. The van der Waals surface area contributed by atoms with Gasteiger partial charge in [0.25, 0.3) is 6.29 Å². The Balaban J connectivity index is 4.51. The van der Waals surface area contributed by atoms with Crippen LogP contribution in [0.2, 0.25) is 0 Å². The first-order valence-electron chi connectivity index (χ1n) is 4.74. The number of ether oxygens (including phenoxy) is 2. The fourth-order valence-corrected chi connectivity index (χ4v) is 0.672. The monoisotopic (exact) mass is 224 g/mol. The zero-order chi connectivity index (χ0) is 12.7. The number of carbonyl (C=O) groups is 2. The molecule has 0 aliphatic carbocycles. The quantitative estimate of drug-likeness (QED) is 0.310. The fourth-order valence-electron chi connectivity index (χ4n) is 0.672. The Bertz CT molecular complexity index is 311. The van der Waals surface area contributed by atoms with Gasteiger partial charge in [-0.1, -0.05) is 19.2 Å². The van der Waals surface area contributed by atoms with E-state index in [1.807, 2.05) is 0 Å². The number of carbonyl (C=O) groups excluding carboxylic acids is 2. The van der Waals surface area contributed by atoms with Crippen molar-refractivity contribution < 1.29 is 19.1 Å². The van der Waals surface area contributed by atoms with Gasteiger partial charge in [0.1, 0.15) is 0 Å². The van der Waals surface area contributed by atoms with E-state index in [-0.39, 0.29) is 11.1 Å². The molecule has 0 aromatic carbocycles. The molecule has 4 heteroatoms. The molecule has 0 unspecified atom stereocenters. The summed E-state index contributed by atoms with van der Waals surface area (Å²) in [5, 5.41) is 0. The van der Waals surface area contributed by atoms with E-state index in [0.717, 1.165) is 0 Å². The summed E-state index contributed by atoms with van der Waals surface area (Å²) in [5.41, 5.74) is 0.474. The Hall–Kier alpha value is -1.84. The Kier molecular flexibility index (Phi) is 5.85. The van der Waals surface area contributed by atoms with Crippen LogP contribution < -0.4 is 0 Å². The molecule has 0 aromatic heterocycles. The van der Waals surface area contributed by atoms with Crippen molar-refractivity contribution in [1.29, 1.82) is 0 Å². The lowest BCUT2D eigenvalue weighted by molar-refractivity contribution is -0.173. The topological polar surface area (TPSA) is 52.6 Å². The predicted molar refractivity (Wildman–Crippen MR) is 60.4 cm³/mol. The van der Waals surface area contributed by atoms with Crippen LogP contribution in [-0.4, -0.2) is 18.2 Å². The van der Waals surface area contributed by atoms with Crippen LogP contribution in [0.1, 0.15) is 20.8 Å². The fraction of sp³-hybridized carbons (Fsp3) is 0.333. The second kappa shape index (κ2) is 6.61. The number of hydrogen-bond acceptors (Lipinski definition) is 4. The van der Waals surface area contributed by atoms with Gasteiger partial charge in [-0.25, -0.2) is 9.59 Å². The molecule has 0 aliphatic heterocycles. The molecule has 0 spiro atoms. The molecule has 0 aromatic rings. The first-order chi connectivity index (χ1) is 7.38. The largest absolute Gasteiger partial charge is 0.418 e. The predicted octanol–water partition coefficient (Wildman–Crippen LogP) is 2.13. The molecule has 0 aliphatic rings. The lowest BCUT2D eigenvalue weighted by Crippen LogP contribution is -2.23. The van der Waals surface area contributed by atoms with E-state index >= 15 is 0 Å². The van der Waals surface area contributed by atoms with E-state index in [9.17, 15) is 9.59 Å². The average molecular weight is 224 g/mol. The summed E-state index contributed by atoms with van der Waals surface area (Å²) >= 11 is 0. The standard InChI is InChI=1S/C12H16O4/c1-6-7-10(15-11(13)8(2)3)16-12(14)9(4)5/h6-7,10H,2,4H2,1,3,5H3. The lowest BCUT2D eigenvalue weighted by atomic mass is 10.3. The second-order valence-electron chi connectivity index (χ2n) is 3.27. The summed E-state index contributed by atoms with van der Waals surface area (Å²) in [4.78, 5) is 22.4. The van der Waals surface area contributed by atoms with E-state index in [4.69, 9.17) is 9.47 Å². The SMILES string of the molecule is C=C(C)C(=O)OC(C=CC)OC(=O)C(=C)C. The van der Waals surface area contributed by atoms with Gasteiger partial charge in [0.2, 0.25) is 0 Å². The Morgan fingerprint density at radius 1 is 1.06 bits per heavy atom. The molecule has 88 valence electrons. The van der Waals surface area contributed by atoms with Crippen LogP contribution in [0.4, 0.5) is 0 Å². The molecule has 0 rings (SSSR count).